The van der Waals surface area contributed by atoms with Gasteiger partial charge in [-0.2, -0.15) is 0 Å². The Bertz CT molecular complexity index is 745. The van der Waals surface area contributed by atoms with Gasteiger partial charge in [0.25, 0.3) is 5.91 Å². The molecule has 0 radical (unpaired) electrons. The highest BCUT2D eigenvalue weighted by atomic mass is 16.5. The second-order valence-electron chi connectivity index (χ2n) is 5.51. The number of anilines is 1. The first-order valence-electron chi connectivity index (χ1n) is 8.19. The van der Waals surface area contributed by atoms with Crippen molar-refractivity contribution in [3.05, 3.63) is 60.2 Å². The van der Waals surface area contributed by atoms with E-state index in [9.17, 15) is 14.4 Å². The zero-order valence-corrected chi connectivity index (χ0v) is 14.2. The third kappa shape index (κ3) is 6.64. The van der Waals surface area contributed by atoms with Crippen LogP contribution in [0.2, 0.25) is 0 Å². The molecule has 0 saturated carbocycles. The van der Waals surface area contributed by atoms with E-state index in [1.807, 2.05) is 6.07 Å². The fourth-order valence-electron chi connectivity index (χ4n) is 2.11. The number of hydrogen-bond acceptors (Lipinski definition) is 4. The number of carbonyl (C=O) groups is 3. The molecule has 0 aliphatic carbocycles. The van der Waals surface area contributed by atoms with Crippen LogP contribution in [0.5, 0.6) is 5.75 Å². The second-order valence-corrected chi connectivity index (χ2v) is 5.51. The number of primary amides is 1. The van der Waals surface area contributed by atoms with E-state index in [0.29, 0.717) is 17.0 Å². The van der Waals surface area contributed by atoms with Crippen molar-refractivity contribution in [3.8, 4) is 5.75 Å². The van der Waals surface area contributed by atoms with Crippen molar-refractivity contribution in [1.82, 2.24) is 5.32 Å². The van der Waals surface area contributed by atoms with Crippen LogP contribution < -0.4 is 21.1 Å². The zero-order valence-electron chi connectivity index (χ0n) is 14.2. The van der Waals surface area contributed by atoms with E-state index in [4.69, 9.17) is 10.5 Å². The quantitative estimate of drug-likeness (QED) is 0.636. The highest BCUT2D eigenvalue weighted by Crippen LogP contribution is 2.16. The fraction of sp³-hybridized carbons (Fsp3) is 0.211. The van der Waals surface area contributed by atoms with Crippen molar-refractivity contribution in [2.75, 3.05) is 18.5 Å². The number of amides is 3. The lowest BCUT2D eigenvalue weighted by Crippen LogP contribution is -2.27. The first kappa shape index (κ1) is 19.0. The molecule has 0 atom stereocenters. The maximum atomic E-state index is 11.9. The third-order valence-electron chi connectivity index (χ3n) is 3.43. The molecule has 7 nitrogen and oxygen atoms in total. The maximum Gasteiger partial charge on any atom is 0.251 e. The summed E-state index contributed by atoms with van der Waals surface area (Å²) in [6, 6.07) is 15.6. The Morgan fingerprint density at radius 1 is 0.923 bits per heavy atom. The van der Waals surface area contributed by atoms with Crippen molar-refractivity contribution in [1.29, 1.82) is 0 Å². The molecule has 0 bridgehead atoms. The van der Waals surface area contributed by atoms with Crippen LogP contribution in [0, 0.1) is 0 Å². The van der Waals surface area contributed by atoms with Gasteiger partial charge in [0.15, 0.2) is 0 Å². The van der Waals surface area contributed by atoms with Crippen LogP contribution in [0.4, 0.5) is 5.69 Å². The molecule has 7 heteroatoms. The monoisotopic (exact) mass is 355 g/mol. The van der Waals surface area contributed by atoms with Crippen molar-refractivity contribution in [2.24, 2.45) is 5.73 Å². The van der Waals surface area contributed by atoms with Gasteiger partial charge in [0.05, 0.1) is 13.0 Å². The first-order valence-corrected chi connectivity index (χ1v) is 8.19. The van der Waals surface area contributed by atoms with Crippen LogP contribution in [-0.2, 0) is 9.59 Å². The Kier molecular flexibility index (Phi) is 7.17. The summed E-state index contributed by atoms with van der Waals surface area (Å²) in [4.78, 5) is 34.4. The lowest BCUT2D eigenvalue weighted by Gasteiger charge is -2.08. The molecule has 26 heavy (non-hydrogen) atoms. The van der Waals surface area contributed by atoms with E-state index in [2.05, 4.69) is 10.6 Å². The van der Waals surface area contributed by atoms with Crippen LogP contribution in [0.1, 0.15) is 23.2 Å². The fourth-order valence-corrected chi connectivity index (χ4v) is 2.11. The van der Waals surface area contributed by atoms with Gasteiger partial charge >= 0.3 is 0 Å². The molecule has 0 spiro atoms. The van der Waals surface area contributed by atoms with Crippen molar-refractivity contribution < 1.29 is 19.1 Å². The van der Waals surface area contributed by atoms with Crippen LogP contribution >= 0.6 is 0 Å². The van der Waals surface area contributed by atoms with Crippen LogP contribution in [0.15, 0.2) is 54.6 Å². The van der Waals surface area contributed by atoms with Gasteiger partial charge in [-0.05, 0) is 36.4 Å². The van der Waals surface area contributed by atoms with Gasteiger partial charge in [0.1, 0.15) is 5.75 Å². The molecule has 0 aliphatic heterocycles. The van der Waals surface area contributed by atoms with Crippen molar-refractivity contribution in [3.63, 3.8) is 0 Å². The number of rotatable bonds is 9. The number of nitrogens with one attached hydrogen (secondary N) is 2. The Morgan fingerprint density at radius 3 is 2.27 bits per heavy atom. The van der Waals surface area contributed by atoms with Gasteiger partial charge in [0, 0.05) is 24.2 Å². The van der Waals surface area contributed by atoms with Crippen molar-refractivity contribution in [2.45, 2.75) is 12.8 Å². The Balaban J connectivity index is 1.70. The average Bonchev–Trinajstić information content (AvgIpc) is 2.63. The molecule has 0 aliphatic rings. The number of hydrogen-bond donors (Lipinski definition) is 3. The van der Waals surface area contributed by atoms with Gasteiger partial charge in [-0.1, -0.05) is 18.2 Å². The first-order chi connectivity index (χ1) is 12.5. The lowest BCUT2D eigenvalue weighted by atomic mass is 10.2. The second kappa shape index (κ2) is 9.83. The number of benzene rings is 2. The summed E-state index contributed by atoms with van der Waals surface area (Å²) in [5.41, 5.74) is 6.21. The summed E-state index contributed by atoms with van der Waals surface area (Å²) in [5, 5.41) is 5.44. The van der Waals surface area contributed by atoms with Crippen molar-refractivity contribution >= 4 is 23.4 Å². The molecular formula is C19H21N3O4. The van der Waals surface area contributed by atoms with Gasteiger partial charge in [-0.15, -0.1) is 0 Å². The minimum absolute atomic E-state index is 0.146. The maximum absolute atomic E-state index is 11.9. The van der Waals surface area contributed by atoms with Gasteiger partial charge in [0.2, 0.25) is 11.8 Å². The van der Waals surface area contributed by atoms with Gasteiger partial charge in [-0.3, -0.25) is 14.4 Å². The number of ether oxygens (including phenoxy) is 1. The zero-order chi connectivity index (χ0) is 18.8. The molecule has 0 unspecified atom stereocenters. The molecule has 2 aromatic carbocycles. The van der Waals surface area contributed by atoms with E-state index < -0.39 is 5.91 Å². The Hall–Kier alpha value is -3.35. The average molecular weight is 355 g/mol. The van der Waals surface area contributed by atoms with E-state index >= 15 is 0 Å². The highest BCUT2D eigenvalue weighted by Gasteiger charge is 2.06. The largest absolute Gasteiger partial charge is 0.493 e. The lowest BCUT2D eigenvalue weighted by molar-refractivity contribution is -0.118. The summed E-state index contributed by atoms with van der Waals surface area (Å²) in [5.74, 6) is -0.260. The predicted molar refractivity (Wildman–Crippen MR) is 97.8 cm³/mol. The Labute approximate surface area is 151 Å². The van der Waals surface area contributed by atoms with Gasteiger partial charge < -0.3 is 21.1 Å². The van der Waals surface area contributed by atoms with E-state index in [-0.39, 0.29) is 37.8 Å². The smallest absolute Gasteiger partial charge is 0.251 e. The summed E-state index contributed by atoms with van der Waals surface area (Å²) < 4.78 is 5.35. The molecule has 2 aromatic rings. The molecular weight excluding hydrogens is 334 g/mol. The van der Waals surface area contributed by atoms with E-state index in [1.54, 1.807) is 48.5 Å². The number of carbonyl (C=O) groups excluding carboxylic acids is 3. The Morgan fingerprint density at radius 2 is 1.62 bits per heavy atom. The minimum Gasteiger partial charge on any atom is -0.493 e. The predicted octanol–water partition coefficient (Wildman–Crippen LogP) is 1.70. The van der Waals surface area contributed by atoms with E-state index in [1.165, 1.54) is 0 Å². The van der Waals surface area contributed by atoms with Crippen LogP contribution in [-0.4, -0.2) is 30.9 Å². The molecule has 0 aromatic heterocycles. The third-order valence-corrected chi connectivity index (χ3v) is 3.43. The standard InChI is InChI=1S/C19H21N3O4/c20-17(23)11-13-26-16-8-6-15(7-9-16)22-18(24)10-12-21-19(25)14-4-2-1-3-5-14/h1-9H,10-13H2,(H2,20,23)(H,21,25)(H,22,24). The molecule has 3 amide bonds. The van der Waals surface area contributed by atoms with Gasteiger partial charge in [-0.25, -0.2) is 0 Å². The van der Waals surface area contributed by atoms with Crippen LogP contribution in [0.3, 0.4) is 0 Å². The molecule has 4 N–H and O–H groups in total. The molecule has 0 fully saturated rings. The summed E-state index contributed by atoms with van der Waals surface area (Å²) in [7, 11) is 0. The number of nitrogens with two attached hydrogens (primary N) is 1. The van der Waals surface area contributed by atoms with Crippen LogP contribution in [0.25, 0.3) is 0 Å². The summed E-state index contributed by atoms with van der Waals surface area (Å²) in [6.07, 6.45) is 0.308. The van der Waals surface area contributed by atoms with E-state index in [0.717, 1.165) is 0 Å². The molecule has 136 valence electrons. The molecule has 2 rings (SSSR count). The highest BCUT2D eigenvalue weighted by molar-refractivity contribution is 5.95. The topological polar surface area (TPSA) is 111 Å². The normalized spacial score (nSPS) is 10.0. The minimum atomic E-state index is -0.423. The SMILES string of the molecule is NC(=O)CCOc1ccc(NC(=O)CCNC(=O)c2ccccc2)cc1. The summed E-state index contributed by atoms with van der Waals surface area (Å²) in [6.45, 7) is 0.454. The summed E-state index contributed by atoms with van der Waals surface area (Å²) >= 11 is 0. The molecule has 0 heterocycles. The molecule has 0 saturated heterocycles.